The van der Waals surface area contributed by atoms with Crippen molar-refractivity contribution in [3.63, 3.8) is 0 Å². The molecule has 4 aromatic rings. The van der Waals surface area contributed by atoms with E-state index in [4.69, 9.17) is 5.73 Å². The van der Waals surface area contributed by atoms with Gasteiger partial charge in [0, 0.05) is 4.90 Å². The van der Waals surface area contributed by atoms with Crippen LogP contribution >= 0.6 is 9.69 Å². The first-order valence-corrected chi connectivity index (χ1v) is 15.4. The number of nitrogens with zero attached hydrogens (tertiary/aromatic N) is 1. The van der Waals surface area contributed by atoms with E-state index >= 15 is 0 Å². The molecule has 4 nitrogen and oxygen atoms in total. The van der Waals surface area contributed by atoms with Crippen LogP contribution in [-0.2, 0) is 27.3 Å². The number of rotatable bonds is 6. The van der Waals surface area contributed by atoms with Gasteiger partial charge in [-0.15, -0.1) is 12.1 Å². The Labute approximate surface area is 243 Å². The van der Waals surface area contributed by atoms with Crippen LogP contribution in [0.15, 0.2) is 108 Å². The van der Waals surface area contributed by atoms with Gasteiger partial charge >= 0.3 is 27.0 Å². The van der Waals surface area contributed by atoms with Gasteiger partial charge in [0.25, 0.3) is 0 Å². The van der Waals surface area contributed by atoms with Gasteiger partial charge in [-0.2, -0.15) is 0 Å². The van der Waals surface area contributed by atoms with Gasteiger partial charge in [0.05, 0.1) is 0 Å². The van der Waals surface area contributed by atoms with Crippen LogP contribution in [-0.4, -0.2) is 8.42 Å². The second kappa shape index (κ2) is 16.6. The van der Waals surface area contributed by atoms with Crippen LogP contribution in [0, 0.1) is 35.1 Å². The minimum atomic E-state index is -3.87. The average molecular weight is 636 g/mol. The molecule has 0 radical (unpaired) electrons. The maximum atomic E-state index is 12.8. The molecular formula is C31H35ClN2O2RuS. The summed E-state index contributed by atoms with van der Waals surface area (Å²) in [6, 6.07) is 29.8. The predicted molar refractivity (Wildman–Crippen MR) is 157 cm³/mol. The first-order valence-electron chi connectivity index (χ1n) is 11.7. The second-order valence-corrected chi connectivity index (χ2v) is 10.4. The van der Waals surface area contributed by atoms with Crippen molar-refractivity contribution >= 4 is 19.7 Å². The van der Waals surface area contributed by atoms with Gasteiger partial charge in [-0.1, -0.05) is 124 Å². The van der Waals surface area contributed by atoms with E-state index in [-0.39, 0.29) is 12.3 Å². The van der Waals surface area contributed by atoms with Gasteiger partial charge in [-0.05, 0) is 39.8 Å². The summed E-state index contributed by atoms with van der Waals surface area (Å²) in [6.45, 7) is 8.27. The zero-order chi connectivity index (χ0) is 27.4. The third kappa shape index (κ3) is 10.4. The molecular weight excluding hydrogens is 601 g/mol. The molecule has 0 bridgehead atoms. The van der Waals surface area contributed by atoms with Crippen molar-refractivity contribution in [3.05, 3.63) is 154 Å². The van der Waals surface area contributed by atoms with Crippen LogP contribution in [0.3, 0.4) is 0 Å². The summed E-state index contributed by atoms with van der Waals surface area (Å²) >= 11 is 1.82. The summed E-state index contributed by atoms with van der Waals surface area (Å²) < 4.78 is 29.8. The zero-order valence-corrected chi connectivity index (χ0v) is 25.7. The maximum absolute atomic E-state index is 12.8. The van der Waals surface area contributed by atoms with Crippen molar-refractivity contribution in [2.24, 2.45) is 0 Å². The van der Waals surface area contributed by atoms with Crippen molar-refractivity contribution in [1.29, 1.82) is 0 Å². The van der Waals surface area contributed by atoms with E-state index in [9.17, 15) is 8.42 Å². The Balaban J connectivity index is 0.000000508. The molecule has 202 valence electrons. The molecule has 0 heterocycles. The first kappa shape index (κ1) is 33.7. The number of halogens is 1. The molecule has 0 aliphatic heterocycles. The first-order chi connectivity index (χ1) is 17.7. The fourth-order valence-corrected chi connectivity index (χ4v) is 5.07. The summed E-state index contributed by atoms with van der Waals surface area (Å²) in [5.74, 6) is 0. The number of hydrogen-bond acceptors (Lipinski definition) is 2. The summed E-state index contributed by atoms with van der Waals surface area (Å²) in [5, 5.41) is 0. The number of nitrogens with one attached hydrogen (secondary N) is 1. The van der Waals surface area contributed by atoms with E-state index in [0.29, 0.717) is 5.56 Å². The molecule has 0 aliphatic rings. The molecule has 0 saturated carbocycles. The fourth-order valence-electron chi connectivity index (χ4n) is 3.93. The SMILES string of the molecule is Cc1cc(C)cc(C)c1.Cc1ccc(S(=O)(=O)[N-][C@H](c2ccccc2)[C@H]([NH-])c2ccccc2)cc1.[CH3-].[Cl][Ru+3]. The van der Waals surface area contributed by atoms with Gasteiger partial charge in [0.1, 0.15) is 10.0 Å². The van der Waals surface area contributed by atoms with Crippen LogP contribution in [0.1, 0.15) is 45.5 Å². The van der Waals surface area contributed by atoms with Crippen molar-refractivity contribution in [2.45, 2.75) is 44.7 Å². The molecule has 4 aromatic carbocycles. The Kier molecular flexibility index (Phi) is 14.7. The molecule has 0 fully saturated rings. The van der Waals surface area contributed by atoms with Crippen molar-refractivity contribution < 1.29 is 25.7 Å². The van der Waals surface area contributed by atoms with Gasteiger partial charge in [0.15, 0.2) is 0 Å². The summed E-state index contributed by atoms with van der Waals surface area (Å²) in [6.07, 6.45) is 0. The third-order valence-electron chi connectivity index (χ3n) is 5.55. The van der Waals surface area contributed by atoms with Crippen LogP contribution in [0.25, 0.3) is 10.5 Å². The summed E-state index contributed by atoms with van der Waals surface area (Å²) in [7, 11) is 0.696. The Morgan fingerprint density at radius 1 is 0.658 bits per heavy atom. The van der Waals surface area contributed by atoms with Crippen molar-refractivity contribution in [2.75, 3.05) is 0 Å². The third-order valence-corrected chi connectivity index (χ3v) is 6.93. The molecule has 0 unspecified atom stereocenters. The molecule has 1 N–H and O–H groups in total. The topological polar surface area (TPSA) is 72.0 Å². The summed E-state index contributed by atoms with van der Waals surface area (Å²) in [5.41, 5.74) is 15.1. The molecule has 0 aromatic heterocycles. The van der Waals surface area contributed by atoms with E-state index in [1.165, 1.54) is 16.7 Å². The van der Waals surface area contributed by atoms with E-state index in [0.717, 1.165) is 11.1 Å². The predicted octanol–water partition coefficient (Wildman–Crippen LogP) is 9.34. The van der Waals surface area contributed by atoms with E-state index in [1.54, 1.807) is 24.3 Å². The molecule has 0 spiro atoms. The molecule has 4 rings (SSSR count). The Hall–Kier alpha value is -2.34. The zero-order valence-electron chi connectivity index (χ0n) is 22.4. The normalized spacial score (nSPS) is 11.9. The standard InChI is InChI=1S/C21H20N2O2S.C9H12.CH3.ClH.Ru/c1-16-12-14-19(15-13-16)26(24,25)23-21(18-10-6-3-7-11-18)20(22)17-8-4-2-5-9-17;1-7-4-8(2)6-9(3)5-7;;;/h2-15,20-22H,1H3;4-6H,1-3H3;1H3;1H;/q-2;;-1;;+4/p-1/t20-,21-;;;;/m1..../s1. The van der Waals surface area contributed by atoms with Gasteiger partial charge in [-0.25, -0.2) is 8.42 Å². The Bertz CT molecular complexity index is 1280. The van der Waals surface area contributed by atoms with Crippen molar-refractivity contribution in [3.8, 4) is 0 Å². The van der Waals surface area contributed by atoms with E-state index < -0.39 is 22.1 Å². The minimum absolute atomic E-state index is 0. The van der Waals surface area contributed by atoms with Gasteiger partial charge in [0.2, 0.25) is 0 Å². The quantitative estimate of drug-likeness (QED) is 0.156. The molecule has 7 heteroatoms. The number of hydrogen-bond donors (Lipinski definition) is 0. The Morgan fingerprint density at radius 2 is 1.05 bits per heavy atom. The van der Waals surface area contributed by atoms with Crippen LogP contribution in [0.2, 0.25) is 0 Å². The Morgan fingerprint density at radius 3 is 1.47 bits per heavy atom. The molecule has 2 atom stereocenters. The number of benzene rings is 4. The molecule has 38 heavy (non-hydrogen) atoms. The van der Waals surface area contributed by atoms with Crippen LogP contribution in [0.4, 0.5) is 0 Å². The van der Waals surface area contributed by atoms with E-state index in [2.05, 4.69) is 53.4 Å². The second-order valence-electron chi connectivity index (χ2n) is 8.80. The van der Waals surface area contributed by atoms with E-state index in [1.807, 2.05) is 84.9 Å². The number of aryl methyl sites for hydroxylation is 4. The van der Waals surface area contributed by atoms with Gasteiger partial charge < -0.3 is 17.9 Å². The summed E-state index contributed by atoms with van der Waals surface area (Å²) in [4.78, 5) is 0.143. The fraction of sp³-hybridized carbons (Fsp3) is 0.194. The molecule has 0 amide bonds. The van der Waals surface area contributed by atoms with Crippen LogP contribution < -0.4 is 0 Å². The monoisotopic (exact) mass is 636 g/mol. The molecule has 0 saturated heterocycles. The molecule has 0 aliphatic carbocycles. The average Bonchev–Trinajstić information content (AvgIpc) is 2.89. The number of sulfonamides is 1. The van der Waals surface area contributed by atoms with Crippen molar-refractivity contribution in [1.82, 2.24) is 0 Å². The van der Waals surface area contributed by atoms with Gasteiger partial charge in [-0.3, -0.25) is 0 Å². The van der Waals surface area contributed by atoms with Crippen LogP contribution in [0.5, 0.6) is 0 Å².